The van der Waals surface area contributed by atoms with E-state index in [1.54, 1.807) is 12.1 Å². The molecule has 0 spiro atoms. The fourth-order valence-corrected chi connectivity index (χ4v) is 3.32. The molecule has 1 saturated heterocycles. The summed E-state index contributed by atoms with van der Waals surface area (Å²) in [4.78, 5) is 14.3. The van der Waals surface area contributed by atoms with Gasteiger partial charge in [0.05, 0.1) is 5.56 Å². The molecule has 1 fully saturated rings. The Bertz CT molecular complexity index is 485. The van der Waals surface area contributed by atoms with Crippen LogP contribution >= 0.6 is 11.8 Å². The van der Waals surface area contributed by atoms with Crippen molar-refractivity contribution in [2.45, 2.75) is 31.9 Å². The molecule has 0 aliphatic carbocycles. The lowest BCUT2D eigenvalue weighted by atomic mass is 10.1. The lowest BCUT2D eigenvalue weighted by molar-refractivity contribution is 0.0761. The molecule has 19 heavy (non-hydrogen) atoms. The molecule has 1 N–H and O–H groups in total. The number of amides is 1. The molecule has 0 bridgehead atoms. The molecular weight excluding hydrogens is 258 g/mol. The molecule has 1 aliphatic heterocycles. The minimum atomic E-state index is -0.0594. The summed E-state index contributed by atoms with van der Waals surface area (Å²) in [6, 6.07) is 5.23. The first-order chi connectivity index (χ1) is 8.89. The Morgan fingerprint density at radius 2 is 2.11 bits per heavy atom. The first-order valence-electron chi connectivity index (χ1n) is 6.62. The fourth-order valence-electron chi connectivity index (χ4n) is 2.22. The molecule has 3 nitrogen and oxygen atoms in total. The van der Waals surface area contributed by atoms with Crippen molar-refractivity contribution in [3.8, 4) is 5.75 Å². The van der Waals surface area contributed by atoms with Crippen LogP contribution in [0.15, 0.2) is 18.2 Å². The van der Waals surface area contributed by atoms with Crippen molar-refractivity contribution < 1.29 is 9.90 Å². The number of phenolic OH excluding ortho intramolecular Hbond substituents is 1. The average Bonchev–Trinajstić information content (AvgIpc) is 2.49. The average molecular weight is 279 g/mol. The molecule has 2 rings (SSSR count). The summed E-state index contributed by atoms with van der Waals surface area (Å²) in [5.41, 5.74) is 1.37. The zero-order valence-corrected chi connectivity index (χ0v) is 12.6. The maximum atomic E-state index is 12.5. The highest BCUT2D eigenvalue weighted by atomic mass is 32.2. The zero-order chi connectivity index (χ0) is 14.0. The number of phenols is 1. The Hall–Kier alpha value is -1.16. The summed E-state index contributed by atoms with van der Waals surface area (Å²) in [6.07, 6.45) is 0.982. The van der Waals surface area contributed by atoms with E-state index in [0.29, 0.717) is 5.56 Å². The second-order valence-corrected chi connectivity index (χ2v) is 7.47. The van der Waals surface area contributed by atoms with Crippen LogP contribution in [0, 0.1) is 6.92 Å². The van der Waals surface area contributed by atoms with E-state index in [0.717, 1.165) is 30.8 Å². The Labute approximate surface area is 119 Å². The van der Waals surface area contributed by atoms with E-state index in [-0.39, 0.29) is 16.4 Å². The second-order valence-electron chi connectivity index (χ2n) is 5.67. The molecule has 0 aromatic heterocycles. The third-order valence-corrected chi connectivity index (χ3v) is 4.88. The van der Waals surface area contributed by atoms with Gasteiger partial charge in [-0.25, -0.2) is 0 Å². The highest BCUT2D eigenvalue weighted by molar-refractivity contribution is 8.00. The van der Waals surface area contributed by atoms with Gasteiger partial charge >= 0.3 is 0 Å². The van der Waals surface area contributed by atoms with Crippen LogP contribution < -0.4 is 0 Å². The van der Waals surface area contributed by atoms with E-state index in [9.17, 15) is 9.90 Å². The Morgan fingerprint density at radius 3 is 2.79 bits per heavy atom. The standard InChI is InChI=1S/C15H21NO2S/c1-11-4-5-12(13(17)10-11)14(18)16-7-6-15(2,3)19-9-8-16/h4-5,10,17H,6-9H2,1-3H3. The molecule has 104 valence electrons. The summed E-state index contributed by atoms with van der Waals surface area (Å²) in [7, 11) is 0. The van der Waals surface area contributed by atoms with Crippen LogP contribution in [-0.4, -0.2) is 39.5 Å². The number of hydrogen-bond acceptors (Lipinski definition) is 3. The molecule has 1 heterocycles. The van der Waals surface area contributed by atoms with Crippen molar-refractivity contribution >= 4 is 17.7 Å². The normalized spacial score (nSPS) is 19.0. The third kappa shape index (κ3) is 3.44. The van der Waals surface area contributed by atoms with Gasteiger partial charge in [-0.3, -0.25) is 4.79 Å². The van der Waals surface area contributed by atoms with Crippen molar-refractivity contribution in [1.82, 2.24) is 4.90 Å². The van der Waals surface area contributed by atoms with Crippen molar-refractivity contribution in [2.24, 2.45) is 0 Å². The fraction of sp³-hybridized carbons (Fsp3) is 0.533. The predicted octanol–water partition coefficient (Wildman–Crippen LogP) is 3.06. The SMILES string of the molecule is Cc1ccc(C(=O)N2CCSC(C)(C)CC2)c(O)c1. The van der Waals surface area contributed by atoms with Crippen molar-refractivity contribution in [3.63, 3.8) is 0 Å². The molecule has 1 amide bonds. The minimum Gasteiger partial charge on any atom is -0.507 e. The topological polar surface area (TPSA) is 40.5 Å². The molecule has 0 unspecified atom stereocenters. The van der Waals surface area contributed by atoms with Gasteiger partial charge in [-0.2, -0.15) is 11.8 Å². The Balaban J connectivity index is 2.15. The number of aromatic hydroxyl groups is 1. The van der Waals surface area contributed by atoms with E-state index in [1.165, 1.54) is 0 Å². The zero-order valence-electron chi connectivity index (χ0n) is 11.8. The minimum absolute atomic E-state index is 0.0594. The van der Waals surface area contributed by atoms with Crippen LogP contribution in [0.25, 0.3) is 0 Å². The van der Waals surface area contributed by atoms with E-state index in [2.05, 4.69) is 13.8 Å². The number of aryl methyl sites for hydroxylation is 1. The number of hydrogen-bond donors (Lipinski definition) is 1. The molecule has 1 aromatic rings. The smallest absolute Gasteiger partial charge is 0.257 e. The van der Waals surface area contributed by atoms with E-state index < -0.39 is 0 Å². The maximum Gasteiger partial charge on any atom is 0.257 e. The highest BCUT2D eigenvalue weighted by Crippen LogP contribution is 2.31. The second kappa shape index (κ2) is 5.45. The number of rotatable bonds is 1. The first-order valence-corrected chi connectivity index (χ1v) is 7.60. The number of carbonyl (C=O) groups excluding carboxylic acids is 1. The molecule has 4 heteroatoms. The first kappa shape index (κ1) is 14.3. The summed E-state index contributed by atoms with van der Waals surface area (Å²) in [5, 5.41) is 9.91. The summed E-state index contributed by atoms with van der Waals surface area (Å²) < 4.78 is 0.227. The third-order valence-electron chi connectivity index (χ3n) is 3.51. The van der Waals surface area contributed by atoms with E-state index >= 15 is 0 Å². The maximum absolute atomic E-state index is 12.5. The van der Waals surface area contributed by atoms with Crippen molar-refractivity contribution in [1.29, 1.82) is 0 Å². The monoisotopic (exact) mass is 279 g/mol. The number of carbonyl (C=O) groups is 1. The van der Waals surface area contributed by atoms with Gasteiger partial charge in [-0.15, -0.1) is 0 Å². The van der Waals surface area contributed by atoms with Crippen LogP contribution in [-0.2, 0) is 0 Å². The molecule has 1 aromatic carbocycles. The van der Waals surface area contributed by atoms with Crippen LogP contribution in [0.3, 0.4) is 0 Å². The Morgan fingerprint density at radius 1 is 1.37 bits per heavy atom. The molecular formula is C15H21NO2S. The largest absolute Gasteiger partial charge is 0.507 e. The van der Waals surface area contributed by atoms with Gasteiger partial charge in [0, 0.05) is 23.6 Å². The predicted molar refractivity (Wildman–Crippen MR) is 79.9 cm³/mol. The van der Waals surface area contributed by atoms with Crippen LogP contribution in [0.4, 0.5) is 0 Å². The van der Waals surface area contributed by atoms with Crippen LogP contribution in [0.5, 0.6) is 5.75 Å². The van der Waals surface area contributed by atoms with E-state index in [1.807, 2.05) is 29.7 Å². The van der Waals surface area contributed by atoms with Gasteiger partial charge in [0.25, 0.3) is 5.91 Å². The van der Waals surface area contributed by atoms with Crippen LogP contribution in [0.1, 0.15) is 36.2 Å². The molecule has 1 aliphatic rings. The lowest BCUT2D eigenvalue weighted by Crippen LogP contribution is -2.33. The van der Waals surface area contributed by atoms with Gasteiger partial charge in [0.1, 0.15) is 5.75 Å². The van der Waals surface area contributed by atoms with Gasteiger partial charge in [-0.1, -0.05) is 19.9 Å². The number of nitrogens with zero attached hydrogens (tertiary/aromatic N) is 1. The van der Waals surface area contributed by atoms with Gasteiger partial charge in [-0.05, 0) is 31.0 Å². The Kier molecular flexibility index (Phi) is 4.09. The quantitative estimate of drug-likeness (QED) is 0.859. The van der Waals surface area contributed by atoms with E-state index in [4.69, 9.17) is 0 Å². The summed E-state index contributed by atoms with van der Waals surface area (Å²) in [5.74, 6) is 0.975. The number of thioether (sulfide) groups is 1. The van der Waals surface area contributed by atoms with Gasteiger partial charge < -0.3 is 10.0 Å². The molecule has 0 saturated carbocycles. The van der Waals surface area contributed by atoms with Crippen molar-refractivity contribution in [3.05, 3.63) is 29.3 Å². The number of benzene rings is 1. The van der Waals surface area contributed by atoms with Crippen LogP contribution in [0.2, 0.25) is 0 Å². The summed E-state index contributed by atoms with van der Waals surface area (Å²) in [6.45, 7) is 7.84. The van der Waals surface area contributed by atoms with Gasteiger partial charge in [0.15, 0.2) is 0 Å². The summed E-state index contributed by atoms with van der Waals surface area (Å²) >= 11 is 1.91. The molecule has 0 radical (unpaired) electrons. The molecule has 0 atom stereocenters. The van der Waals surface area contributed by atoms with Gasteiger partial charge in [0.2, 0.25) is 0 Å². The van der Waals surface area contributed by atoms with Crippen molar-refractivity contribution in [2.75, 3.05) is 18.8 Å². The lowest BCUT2D eigenvalue weighted by Gasteiger charge is -2.23. The highest BCUT2D eigenvalue weighted by Gasteiger charge is 2.27.